The van der Waals surface area contributed by atoms with Gasteiger partial charge in [0.1, 0.15) is 5.54 Å². The summed E-state index contributed by atoms with van der Waals surface area (Å²) in [6.45, 7) is 3.30. The van der Waals surface area contributed by atoms with E-state index in [0.717, 1.165) is 10.5 Å². The molecule has 2 N–H and O–H groups in total. The molecule has 0 saturated carbocycles. The van der Waals surface area contributed by atoms with Crippen LogP contribution >= 0.6 is 11.8 Å². The third-order valence-electron chi connectivity index (χ3n) is 3.59. The van der Waals surface area contributed by atoms with Crippen LogP contribution < -0.4 is 5.32 Å². The number of carboxylic acids is 1. The lowest BCUT2D eigenvalue weighted by molar-refractivity contribution is -0.147. The van der Waals surface area contributed by atoms with Gasteiger partial charge in [-0.2, -0.15) is 0 Å². The summed E-state index contributed by atoms with van der Waals surface area (Å²) in [6.07, 6.45) is 0.357. The molecule has 0 radical (unpaired) electrons. The molecule has 0 spiro atoms. The zero-order valence-corrected chi connectivity index (χ0v) is 11.8. The van der Waals surface area contributed by atoms with Crippen LogP contribution in [-0.4, -0.2) is 28.3 Å². The Kier molecular flexibility index (Phi) is 3.85. The Balaban J connectivity index is 2.17. The fourth-order valence-corrected chi connectivity index (χ4v) is 3.26. The molecule has 0 aromatic heterocycles. The second-order valence-electron chi connectivity index (χ2n) is 4.88. The highest BCUT2D eigenvalue weighted by atomic mass is 32.2. The Hall–Kier alpha value is -1.49. The molecule has 0 aliphatic carbocycles. The third kappa shape index (κ3) is 2.61. The van der Waals surface area contributed by atoms with E-state index in [0.29, 0.717) is 12.2 Å². The van der Waals surface area contributed by atoms with Gasteiger partial charge in [0.2, 0.25) is 5.91 Å². The molecule has 1 aliphatic heterocycles. The molecule has 0 fully saturated rings. The number of aliphatic carboxylic acids is 1. The largest absolute Gasteiger partial charge is 0.480 e. The number of amides is 1. The van der Waals surface area contributed by atoms with Gasteiger partial charge in [0.05, 0.1) is 5.92 Å². The molecule has 5 heteroatoms. The van der Waals surface area contributed by atoms with Crippen LogP contribution in [0.5, 0.6) is 0 Å². The van der Waals surface area contributed by atoms with Gasteiger partial charge in [-0.25, -0.2) is 4.79 Å². The first-order chi connectivity index (χ1) is 8.98. The van der Waals surface area contributed by atoms with Crippen molar-refractivity contribution >= 4 is 23.6 Å². The first-order valence-corrected chi connectivity index (χ1v) is 7.23. The average molecular weight is 279 g/mol. The predicted octanol–water partition coefficient (Wildman–Crippen LogP) is 2.25. The number of nitrogens with one attached hydrogen (secondary N) is 1. The number of carbonyl (C=O) groups is 2. The molecule has 1 aliphatic rings. The summed E-state index contributed by atoms with van der Waals surface area (Å²) in [5.74, 6) is -0.789. The van der Waals surface area contributed by atoms with E-state index >= 15 is 0 Å². The van der Waals surface area contributed by atoms with Gasteiger partial charge in [-0.1, -0.05) is 25.1 Å². The molecule has 1 heterocycles. The van der Waals surface area contributed by atoms with Crippen molar-refractivity contribution in [3.8, 4) is 0 Å². The van der Waals surface area contributed by atoms with Gasteiger partial charge in [-0.3, -0.25) is 4.79 Å². The highest BCUT2D eigenvalue weighted by Crippen LogP contribution is 2.39. The van der Waals surface area contributed by atoms with E-state index in [1.165, 1.54) is 0 Å². The maximum absolute atomic E-state index is 12.3. The van der Waals surface area contributed by atoms with E-state index < -0.39 is 11.5 Å². The molecule has 1 amide bonds. The maximum Gasteiger partial charge on any atom is 0.329 e. The van der Waals surface area contributed by atoms with Crippen molar-refractivity contribution in [1.29, 1.82) is 0 Å². The Morgan fingerprint density at radius 2 is 2.16 bits per heavy atom. The van der Waals surface area contributed by atoms with Crippen molar-refractivity contribution in [1.82, 2.24) is 5.32 Å². The number of hydrogen-bond acceptors (Lipinski definition) is 3. The lowest BCUT2D eigenvalue weighted by atomic mass is 9.95. The summed E-state index contributed by atoms with van der Waals surface area (Å²) in [4.78, 5) is 24.6. The number of rotatable bonds is 4. The first kappa shape index (κ1) is 13.9. The minimum Gasteiger partial charge on any atom is -0.480 e. The Labute approximate surface area is 116 Å². The minimum absolute atomic E-state index is 0.204. The normalized spacial score (nSPS) is 20.4. The van der Waals surface area contributed by atoms with Crippen LogP contribution in [0.4, 0.5) is 0 Å². The number of thioether (sulfide) groups is 1. The van der Waals surface area contributed by atoms with Crippen LogP contribution in [-0.2, 0) is 9.59 Å². The molecule has 0 saturated heterocycles. The Morgan fingerprint density at radius 3 is 2.79 bits per heavy atom. The van der Waals surface area contributed by atoms with Gasteiger partial charge >= 0.3 is 5.97 Å². The molecule has 2 unspecified atom stereocenters. The predicted molar refractivity (Wildman–Crippen MR) is 74.4 cm³/mol. The van der Waals surface area contributed by atoms with Crippen LogP contribution in [0.15, 0.2) is 29.2 Å². The van der Waals surface area contributed by atoms with Crippen molar-refractivity contribution in [2.24, 2.45) is 0 Å². The van der Waals surface area contributed by atoms with E-state index in [2.05, 4.69) is 5.32 Å². The molecule has 0 bridgehead atoms. The van der Waals surface area contributed by atoms with E-state index in [4.69, 9.17) is 0 Å². The lowest BCUT2D eigenvalue weighted by Crippen LogP contribution is -2.53. The first-order valence-electron chi connectivity index (χ1n) is 6.25. The van der Waals surface area contributed by atoms with Crippen LogP contribution in [0.1, 0.15) is 31.7 Å². The van der Waals surface area contributed by atoms with Gasteiger partial charge in [0.15, 0.2) is 0 Å². The zero-order chi connectivity index (χ0) is 14.0. The summed E-state index contributed by atoms with van der Waals surface area (Å²) in [5, 5.41) is 11.9. The van der Waals surface area contributed by atoms with Crippen molar-refractivity contribution in [2.45, 2.75) is 36.6 Å². The molecular weight excluding hydrogens is 262 g/mol. The third-order valence-corrected chi connectivity index (χ3v) is 4.78. The van der Waals surface area contributed by atoms with E-state index in [-0.39, 0.29) is 11.8 Å². The maximum atomic E-state index is 12.3. The standard InChI is InChI=1S/C14H17NO3S/c1-3-14(2,13(17)18)15-12(16)10-8-19-11-7-5-4-6-9(10)11/h4-7,10H,3,8H2,1-2H3,(H,15,16)(H,17,18). The lowest BCUT2D eigenvalue weighted by Gasteiger charge is -2.26. The van der Waals surface area contributed by atoms with Gasteiger partial charge in [0.25, 0.3) is 0 Å². The number of benzene rings is 1. The molecule has 2 atom stereocenters. The van der Waals surface area contributed by atoms with E-state index in [1.807, 2.05) is 24.3 Å². The summed E-state index contributed by atoms with van der Waals surface area (Å²) in [7, 11) is 0. The zero-order valence-electron chi connectivity index (χ0n) is 11.0. The van der Waals surface area contributed by atoms with Gasteiger partial charge in [-0.15, -0.1) is 11.8 Å². The second-order valence-corrected chi connectivity index (χ2v) is 5.94. The Morgan fingerprint density at radius 1 is 1.47 bits per heavy atom. The fraction of sp³-hybridized carbons (Fsp3) is 0.429. The number of hydrogen-bond donors (Lipinski definition) is 2. The summed E-state index contributed by atoms with van der Waals surface area (Å²) < 4.78 is 0. The second kappa shape index (κ2) is 5.25. The van der Waals surface area contributed by atoms with Crippen LogP contribution in [0.3, 0.4) is 0 Å². The number of fused-ring (bicyclic) bond motifs is 1. The van der Waals surface area contributed by atoms with Crippen LogP contribution in [0.2, 0.25) is 0 Å². The molecule has 2 rings (SSSR count). The fourth-order valence-electron chi connectivity index (χ4n) is 2.03. The van der Waals surface area contributed by atoms with Crippen molar-refractivity contribution in [2.75, 3.05) is 5.75 Å². The number of carbonyl (C=O) groups excluding carboxylic acids is 1. The van der Waals surface area contributed by atoms with E-state index in [1.54, 1.807) is 25.6 Å². The van der Waals surface area contributed by atoms with Crippen molar-refractivity contribution < 1.29 is 14.7 Å². The highest BCUT2D eigenvalue weighted by molar-refractivity contribution is 7.99. The molecular formula is C14H17NO3S. The Bertz CT molecular complexity index is 517. The monoisotopic (exact) mass is 279 g/mol. The van der Waals surface area contributed by atoms with E-state index in [9.17, 15) is 14.7 Å². The molecule has 4 nitrogen and oxygen atoms in total. The van der Waals surface area contributed by atoms with Gasteiger partial charge in [0, 0.05) is 10.6 Å². The quantitative estimate of drug-likeness (QED) is 0.887. The smallest absolute Gasteiger partial charge is 0.329 e. The average Bonchev–Trinajstić information content (AvgIpc) is 2.82. The molecule has 1 aromatic carbocycles. The molecule has 19 heavy (non-hydrogen) atoms. The highest BCUT2D eigenvalue weighted by Gasteiger charge is 2.37. The summed E-state index contributed by atoms with van der Waals surface area (Å²) in [6, 6.07) is 7.77. The van der Waals surface area contributed by atoms with Gasteiger partial charge < -0.3 is 10.4 Å². The van der Waals surface area contributed by atoms with Crippen molar-refractivity contribution in [3.05, 3.63) is 29.8 Å². The van der Waals surface area contributed by atoms with Crippen LogP contribution in [0.25, 0.3) is 0 Å². The minimum atomic E-state index is -1.20. The molecule has 102 valence electrons. The molecule has 1 aromatic rings. The summed E-state index contributed by atoms with van der Waals surface area (Å²) in [5.41, 5.74) is -0.201. The SMILES string of the molecule is CCC(C)(NC(=O)C1CSc2ccccc21)C(=O)O. The summed E-state index contributed by atoms with van der Waals surface area (Å²) >= 11 is 1.64. The topological polar surface area (TPSA) is 66.4 Å². The van der Waals surface area contributed by atoms with Gasteiger partial charge in [-0.05, 0) is 25.0 Å². The van der Waals surface area contributed by atoms with Crippen LogP contribution in [0, 0.1) is 0 Å². The van der Waals surface area contributed by atoms with Crippen molar-refractivity contribution in [3.63, 3.8) is 0 Å². The number of carboxylic acid groups (broad SMARTS) is 1.